The summed E-state index contributed by atoms with van der Waals surface area (Å²) in [5.41, 5.74) is 7.36. The summed E-state index contributed by atoms with van der Waals surface area (Å²) in [4.78, 5) is 6.85. The van der Waals surface area contributed by atoms with E-state index in [1.807, 2.05) is 0 Å². The smallest absolute Gasteiger partial charge is 0.128 e. The fraction of sp³-hybridized carbons (Fsp3) is 0.667. The first kappa shape index (κ1) is 13.2. The van der Waals surface area contributed by atoms with E-state index in [0.29, 0.717) is 17.0 Å². The van der Waals surface area contributed by atoms with Crippen LogP contribution in [0.2, 0.25) is 5.02 Å². The van der Waals surface area contributed by atoms with E-state index >= 15 is 0 Å². The molecule has 1 saturated carbocycles. The minimum absolute atomic E-state index is 0.478. The van der Waals surface area contributed by atoms with Gasteiger partial charge < -0.3 is 10.6 Å². The Balaban J connectivity index is 1.71. The van der Waals surface area contributed by atoms with Crippen LogP contribution in [0.3, 0.4) is 0 Å². The Morgan fingerprint density at radius 2 is 1.89 bits per heavy atom. The molecule has 104 valence electrons. The molecule has 1 saturated heterocycles. The van der Waals surface area contributed by atoms with Gasteiger partial charge >= 0.3 is 0 Å². The van der Waals surface area contributed by atoms with Crippen LogP contribution in [0, 0.1) is 5.41 Å². The molecule has 0 bridgehead atoms. The van der Waals surface area contributed by atoms with Crippen LogP contribution >= 0.6 is 11.6 Å². The highest BCUT2D eigenvalue weighted by Crippen LogP contribution is 2.46. The Morgan fingerprint density at radius 3 is 2.53 bits per heavy atom. The highest BCUT2D eigenvalue weighted by Gasteiger charge is 2.37. The van der Waals surface area contributed by atoms with Crippen molar-refractivity contribution in [1.29, 1.82) is 0 Å². The van der Waals surface area contributed by atoms with Crippen LogP contribution in [0.4, 0.5) is 5.82 Å². The third-order valence-electron chi connectivity index (χ3n) is 4.95. The highest BCUT2D eigenvalue weighted by atomic mass is 35.5. The van der Waals surface area contributed by atoms with Crippen LogP contribution < -0.4 is 10.6 Å². The third-order valence-corrected chi connectivity index (χ3v) is 5.29. The van der Waals surface area contributed by atoms with E-state index < -0.39 is 0 Å². The number of anilines is 1. The van der Waals surface area contributed by atoms with Gasteiger partial charge in [-0.1, -0.05) is 24.4 Å². The van der Waals surface area contributed by atoms with E-state index in [4.69, 9.17) is 17.3 Å². The lowest BCUT2D eigenvalue weighted by atomic mass is 9.77. The van der Waals surface area contributed by atoms with Gasteiger partial charge in [-0.3, -0.25) is 0 Å². The molecule has 2 N–H and O–H groups in total. The summed E-state index contributed by atoms with van der Waals surface area (Å²) >= 11 is 6.07. The molecular weight excluding hydrogens is 258 g/mol. The largest absolute Gasteiger partial charge is 0.357 e. The van der Waals surface area contributed by atoms with Crippen molar-refractivity contribution in [2.75, 3.05) is 18.0 Å². The van der Waals surface area contributed by atoms with Crippen LogP contribution in [-0.2, 0) is 6.54 Å². The number of piperidine rings is 1. The average Bonchev–Trinajstić information content (AvgIpc) is 2.89. The summed E-state index contributed by atoms with van der Waals surface area (Å²) in [6.07, 6.45) is 10.1. The maximum atomic E-state index is 6.07. The highest BCUT2D eigenvalue weighted by molar-refractivity contribution is 6.31. The van der Waals surface area contributed by atoms with Crippen LogP contribution in [0.1, 0.15) is 44.1 Å². The summed E-state index contributed by atoms with van der Waals surface area (Å²) in [6, 6.07) is 2.05. The summed E-state index contributed by atoms with van der Waals surface area (Å²) in [5.74, 6) is 1.04. The van der Waals surface area contributed by atoms with Crippen molar-refractivity contribution >= 4 is 17.4 Å². The number of nitrogens with two attached hydrogens (primary N) is 1. The maximum Gasteiger partial charge on any atom is 0.128 e. The molecule has 2 fully saturated rings. The molecule has 0 amide bonds. The van der Waals surface area contributed by atoms with Crippen LogP contribution in [0.5, 0.6) is 0 Å². The van der Waals surface area contributed by atoms with Crippen molar-refractivity contribution in [2.45, 2.75) is 45.1 Å². The van der Waals surface area contributed by atoms with Gasteiger partial charge in [0.2, 0.25) is 0 Å². The molecule has 2 heterocycles. The fourth-order valence-corrected chi connectivity index (χ4v) is 3.81. The SMILES string of the molecule is NCc1cc(N2CCC3(CCCC3)CC2)ncc1Cl. The maximum absolute atomic E-state index is 6.07. The molecule has 2 aliphatic rings. The van der Waals surface area contributed by atoms with Crippen molar-refractivity contribution in [3.63, 3.8) is 0 Å². The van der Waals surface area contributed by atoms with Crippen molar-refractivity contribution < 1.29 is 0 Å². The lowest BCUT2D eigenvalue weighted by Crippen LogP contribution is -2.39. The van der Waals surface area contributed by atoms with Gasteiger partial charge in [0, 0.05) is 25.8 Å². The number of halogens is 1. The number of nitrogens with zero attached hydrogens (tertiary/aromatic N) is 2. The molecule has 1 aromatic heterocycles. The minimum atomic E-state index is 0.478. The van der Waals surface area contributed by atoms with Crippen LogP contribution in [0.15, 0.2) is 12.3 Å². The van der Waals surface area contributed by atoms with E-state index in [-0.39, 0.29) is 0 Å². The summed E-state index contributed by atoms with van der Waals surface area (Å²) in [5, 5.41) is 0.676. The van der Waals surface area contributed by atoms with Crippen molar-refractivity contribution in [1.82, 2.24) is 4.98 Å². The predicted molar refractivity (Wildman–Crippen MR) is 79.5 cm³/mol. The van der Waals surface area contributed by atoms with Crippen LogP contribution in [-0.4, -0.2) is 18.1 Å². The molecule has 0 unspecified atom stereocenters. The molecule has 0 atom stereocenters. The van der Waals surface area contributed by atoms with E-state index in [1.165, 1.54) is 38.5 Å². The lowest BCUT2D eigenvalue weighted by Gasteiger charge is -2.40. The zero-order valence-corrected chi connectivity index (χ0v) is 12.1. The molecule has 4 heteroatoms. The summed E-state index contributed by atoms with van der Waals surface area (Å²) < 4.78 is 0. The average molecular weight is 280 g/mol. The van der Waals surface area contributed by atoms with Gasteiger partial charge in [-0.15, -0.1) is 0 Å². The molecule has 3 nitrogen and oxygen atoms in total. The molecule has 1 aliphatic heterocycles. The normalized spacial score (nSPS) is 22.1. The van der Waals surface area contributed by atoms with Gasteiger partial charge in [-0.05, 0) is 42.7 Å². The van der Waals surface area contributed by atoms with Crippen molar-refractivity contribution in [3.05, 3.63) is 22.8 Å². The number of hydrogen-bond acceptors (Lipinski definition) is 3. The van der Waals surface area contributed by atoms with Gasteiger partial charge in [0.25, 0.3) is 0 Å². The minimum Gasteiger partial charge on any atom is -0.357 e. The number of pyridine rings is 1. The molecule has 0 radical (unpaired) electrons. The number of rotatable bonds is 2. The molecular formula is C15H22ClN3. The summed E-state index contributed by atoms with van der Waals surface area (Å²) in [6.45, 7) is 2.73. The zero-order chi connectivity index (χ0) is 13.3. The second-order valence-corrected chi connectivity index (χ2v) is 6.44. The lowest BCUT2D eigenvalue weighted by molar-refractivity contribution is 0.226. The van der Waals surface area contributed by atoms with E-state index in [9.17, 15) is 0 Å². The Bertz CT molecular complexity index is 445. The quantitative estimate of drug-likeness (QED) is 0.903. The number of hydrogen-bond donors (Lipinski definition) is 1. The van der Waals surface area contributed by atoms with Crippen LogP contribution in [0.25, 0.3) is 0 Å². The van der Waals surface area contributed by atoms with Crippen molar-refractivity contribution in [3.8, 4) is 0 Å². The van der Waals surface area contributed by atoms with Gasteiger partial charge in [0.15, 0.2) is 0 Å². The monoisotopic (exact) mass is 279 g/mol. The molecule has 1 aliphatic carbocycles. The molecule has 1 aromatic rings. The topological polar surface area (TPSA) is 42.1 Å². The Morgan fingerprint density at radius 1 is 1.21 bits per heavy atom. The molecule has 19 heavy (non-hydrogen) atoms. The molecule has 1 spiro atoms. The first-order chi connectivity index (χ1) is 9.22. The van der Waals surface area contributed by atoms with Gasteiger partial charge in [-0.25, -0.2) is 4.98 Å². The second kappa shape index (κ2) is 5.29. The molecule has 0 aromatic carbocycles. The Hall–Kier alpha value is -0.800. The first-order valence-corrected chi connectivity index (χ1v) is 7.70. The number of aromatic nitrogens is 1. The first-order valence-electron chi connectivity index (χ1n) is 7.32. The zero-order valence-electron chi connectivity index (χ0n) is 11.4. The Kier molecular flexibility index (Phi) is 3.68. The predicted octanol–water partition coefficient (Wildman–Crippen LogP) is 3.35. The molecule has 3 rings (SSSR count). The van der Waals surface area contributed by atoms with Gasteiger partial charge in [0.05, 0.1) is 5.02 Å². The van der Waals surface area contributed by atoms with Gasteiger partial charge in [-0.2, -0.15) is 0 Å². The Labute approximate surface area is 120 Å². The standard InChI is InChI=1S/C15H22ClN3/c16-13-11-18-14(9-12(13)10-17)19-7-5-15(6-8-19)3-1-2-4-15/h9,11H,1-8,10,17H2. The third kappa shape index (κ3) is 2.59. The second-order valence-electron chi connectivity index (χ2n) is 6.03. The van der Waals surface area contributed by atoms with E-state index in [0.717, 1.165) is 24.5 Å². The fourth-order valence-electron chi connectivity index (χ4n) is 3.63. The van der Waals surface area contributed by atoms with Crippen molar-refractivity contribution in [2.24, 2.45) is 11.1 Å². The van der Waals surface area contributed by atoms with E-state index in [2.05, 4.69) is 16.0 Å². The van der Waals surface area contributed by atoms with Gasteiger partial charge in [0.1, 0.15) is 5.82 Å². The van der Waals surface area contributed by atoms with E-state index in [1.54, 1.807) is 6.20 Å². The summed E-state index contributed by atoms with van der Waals surface area (Å²) in [7, 11) is 0.